The molecule has 0 saturated carbocycles. The number of rotatable bonds is 5. The van der Waals surface area contributed by atoms with Crippen LogP contribution >= 0.6 is 11.8 Å². The first-order valence-corrected chi connectivity index (χ1v) is 7.66. The van der Waals surface area contributed by atoms with E-state index in [4.69, 9.17) is 15.6 Å². The van der Waals surface area contributed by atoms with Gasteiger partial charge in [-0.25, -0.2) is 0 Å². The Labute approximate surface area is 123 Å². The van der Waals surface area contributed by atoms with Crippen molar-refractivity contribution in [3.8, 4) is 5.75 Å². The smallest absolute Gasteiger partial charge is 0.321 e. The molecule has 0 aromatic heterocycles. The normalized spacial score (nSPS) is 19.3. The van der Waals surface area contributed by atoms with Gasteiger partial charge in [-0.15, -0.1) is 11.8 Å². The molecule has 1 aromatic rings. The van der Waals surface area contributed by atoms with E-state index in [9.17, 15) is 4.79 Å². The molecular formula is C15H21NO3S. The first-order chi connectivity index (χ1) is 9.29. The predicted octanol–water partition coefficient (Wildman–Crippen LogP) is 2.22. The highest BCUT2D eigenvalue weighted by Crippen LogP contribution is 2.34. The van der Waals surface area contributed by atoms with Crippen molar-refractivity contribution in [3.63, 3.8) is 0 Å². The van der Waals surface area contributed by atoms with Crippen LogP contribution in [0.1, 0.15) is 25.0 Å². The van der Waals surface area contributed by atoms with Crippen LogP contribution in [0, 0.1) is 6.92 Å². The molecule has 1 aliphatic heterocycles. The van der Waals surface area contributed by atoms with Gasteiger partial charge in [0.25, 0.3) is 0 Å². The summed E-state index contributed by atoms with van der Waals surface area (Å²) in [5.74, 6) is 0.720. The standard InChI is InChI=1S/C15H21NO3S/c1-9-4-5-12-10(6-9)7-11(19-12)8-20-15(2,3)13(16)14(17)18/h4-6,11,13H,7-8,16H2,1-3H3,(H,17,18)/t11?,13-/m0/s1. The minimum Gasteiger partial charge on any atom is -0.489 e. The van der Waals surface area contributed by atoms with Gasteiger partial charge in [0.05, 0.1) is 0 Å². The van der Waals surface area contributed by atoms with Crippen LogP contribution in [0.3, 0.4) is 0 Å². The zero-order valence-electron chi connectivity index (χ0n) is 12.1. The molecule has 0 spiro atoms. The number of carboxylic acids is 1. The van der Waals surface area contributed by atoms with Gasteiger partial charge in [-0.3, -0.25) is 4.79 Å². The van der Waals surface area contributed by atoms with Gasteiger partial charge >= 0.3 is 5.97 Å². The predicted molar refractivity (Wildman–Crippen MR) is 81.4 cm³/mol. The van der Waals surface area contributed by atoms with E-state index < -0.39 is 16.8 Å². The maximum atomic E-state index is 11.0. The highest BCUT2D eigenvalue weighted by molar-refractivity contribution is 8.00. The van der Waals surface area contributed by atoms with Crippen LogP contribution in [0.4, 0.5) is 0 Å². The van der Waals surface area contributed by atoms with E-state index in [2.05, 4.69) is 13.0 Å². The molecule has 4 nitrogen and oxygen atoms in total. The Morgan fingerprint density at radius 3 is 2.95 bits per heavy atom. The van der Waals surface area contributed by atoms with Crippen LogP contribution in [-0.2, 0) is 11.2 Å². The van der Waals surface area contributed by atoms with E-state index in [1.54, 1.807) is 11.8 Å². The van der Waals surface area contributed by atoms with E-state index in [0.717, 1.165) is 17.9 Å². The lowest BCUT2D eigenvalue weighted by molar-refractivity contribution is -0.139. The SMILES string of the molecule is Cc1ccc2c(c1)CC(CSC(C)(C)[C@@H](N)C(=O)O)O2. The van der Waals surface area contributed by atoms with Gasteiger partial charge in [0.2, 0.25) is 0 Å². The van der Waals surface area contributed by atoms with Gasteiger partial charge in [-0.1, -0.05) is 17.7 Å². The molecule has 1 unspecified atom stereocenters. The summed E-state index contributed by atoms with van der Waals surface area (Å²) in [5, 5.41) is 9.01. The summed E-state index contributed by atoms with van der Waals surface area (Å²) in [7, 11) is 0. The van der Waals surface area contributed by atoms with Gasteiger partial charge in [-0.2, -0.15) is 0 Å². The fourth-order valence-electron chi connectivity index (χ4n) is 2.24. The van der Waals surface area contributed by atoms with Gasteiger partial charge in [0.1, 0.15) is 17.9 Å². The molecule has 1 aliphatic rings. The average molecular weight is 295 g/mol. The van der Waals surface area contributed by atoms with Gasteiger partial charge in [0, 0.05) is 16.9 Å². The summed E-state index contributed by atoms with van der Waals surface area (Å²) in [6, 6.07) is 5.31. The number of hydrogen-bond donors (Lipinski definition) is 2. The number of carboxylic acid groups (broad SMARTS) is 1. The van der Waals surface area contributed by atoms with E-state index in [1.165, 1.54) is 11.1 Å². The second-order valence-corrected chi connectivity index (χ2v) is 7.46. The van der Waals surface area contributed by atoms with Crippen molar-refractivity contribution in [2.45, 2.75) is 44.1 Å². The summed E-state index contributed by atoms with van der Waals surface area (Å²) >= 11 is 1.56. The Kier molecular flexibility index (Phi) is 4.30. The van der Waals surface area contributed by atoms with Crippen LogP contribution in [0.5, 0.6) is 5.75 Å². The highest BCUT2D eigenvalue weighted by Gasteiger charge is 2.34. The van der Waals surface area contributed by atoms with Crippen molar-refractivity contribution in [1.82, 2.24) is 0 Å². The number of fused-ring (bicyclic) bond motifs is 1. The van der Waals surface area contributed by atoms with Crippen LogP contribution in [0.2, 0.25) is 0 Å². The molecule has 0 bridgehead atoms. The molecule has 5 heteroatoms. The summed E-state index contributed by atoms with van der Waals surface area (Å²) < 4.78 is 5.37. The molecule has 2 rings (SSSR count). The molecule has 0 aliphatic carbocycles. The van der Waals surface area contributed by atoms with Crippen molar-refractivity contribution in [2.75, 3.05) is 5.75 Å². The lowest BCUT2D eigenvalue weighted by Crippen LogP contribution is -2.47. The minimum absolute atomic E-state index is 0.0945. The topological polar surface area (TPSA) is 72.6 Å². The number of hydrogen-bond acceptors (Lipinski definition) is 4. The van der Waals surface area contributed by atoms with Crippen molar-refractivity contribution >= 4 is 17.7 Å². The van der Waals surface area contributed by atoms with Gasteiger partial charge < -0.3 is 15.6 Å². The molecule has 1 heterocycles. The molecule has 0 amide bonds. The number of ether oxygens (including phenoxy) is 1. The molecule has 1 aromatic carbocycles. The second-order valence-electron chi connectivity index (χ2n) is 5.79. The first-order valence-electron chi connectivity index (χ1n) is 6.68. The van der Waals surface area contributed by atoms with Crippen molar-refractivity contribution < 1.29 is 14.6 Å². The molecule has 0 radical (unpaired) electrons. The Hall–Kier alpha value is -1.20. The second kappa shape index (κ2) is 5.66. The summed E-state index contributed by atoms with van der Waals surface area (Å²) in [6.07, 6.45) is 0.972. The third kappa shape index (κ3) is 3.27. The van der Waals surface area contributed by atoms with Crippen LogP contribution in [0.15, 0.2) is 18.2 Å². The fraction of sp³-hybridized carbons (Fsp3) is 0.533. The average Bonchev–Trinajstić information content (AvgIpc) is 2.77. The maximum Gasteiger partial charge on any atom is 0.321 e. The lowest BCUT2D eigenvalue weighted by atomic mass is 10.1. The molecule has 0 fully saturated rings. The van der Waals surface area contributed by atoms with Crippen molar-refractivity contribution in [3.05, 3.63) is 29.3 Å². The summed E-state index contributed by atoms with van der Waals surface area (Å²) in [4.78, 5) is 11.0. The summed E-state index contributed by atoms with van der Waals surface area (Å²) in [6.45, 7) is 5.79. The molecule has 110 valence electrons. The zero-order chi connectivity index (χ0) is 14.9. The highest BCUT2D eigenvalue weighted by atomic mass is 32.2. The summed E-state index contributed by atoms with van der Waals surface area (Å²) in [5.41, 5.74) is 8.18. The lowest BCUT2D eigenvalue weighted by Gasteiger charge is -2.29. The van der Waals surface area contributed by atoms with Crippen molar-refractivity contribution in [2.24, 2.45) is 5.73 Å². The van der Waals surface area contributed by atoms with E-state index in [0.29, 0.717) is 0 Å². The number of benzene rings is 1. The number of carbonyl (C=O) groups is 1. The third-order valence-electron chi connectivity index (χ3n) is 3.61. The Morgan fingerprint density at radius 2 is 2.30 bits per heavy atom. The van der Waals surface area contributed by atoms with E-state index >= 15 is 0 Å². The Morgan fingerprint density at radius 1 is 1.60 bits per heavy atom. The largest absolute Gasteiger partial charge is 0.489 e. The first kappa shape index (κ1) is 15.2. The molecular weight excluding hydrogens is 274 g/mol. The monoisotopic (exact) mass is 295 g/mol. The number of thioether (sulfide) groups is 1. The number of aliphatic carboxylic acids is 1. The third-order valence-corrected chi connectivity index (χ3v) is 5.15. The van der Waals surface area contributed by atoms with Gasteiger partial charge in [0.15, 0.2) is 0 Å². The van der Waals surface area contributed by atoms with Crippen molar-refractivity contribution in [1.29, 1.82) is 0 Å². The van der Waals surface area contributed by atoms with E-state index in [1.807, 2.05) is 26.0 Å². The van der Waals surface area contributed by atoms with Crippen LogP contribution in [-0.4, -0.2) is 33.7 Å². The molecule has 2 atom stereocenters. The zero-order valence-corrected chi connectivity index (χ0v) is 12.9. The number of nitrogens with two attached hydrogens (primary N) is 1. The molecule has 20 heavy (non-hydrogen) atoms. The fourth-order valence-corrected chi connectivity index (χ4v) is 3.32. The molecule has 3 N–H and O–H groups in total. The maximum absolute atomic E-state index is 11.0. The quantitative estimate of drug-likeness (QED) is 0.871. The van der Waals surface area contributed by atoms with Crippen LogP contribution in [0.25, 0.3) is 0 Å². The van der Waals surface area contributed by atoms with Crippen LogP contribution < -0.4 is 10.5 Å². The van der Waals surface area contributed by atoms with E-state index in [-0.39, 0.29) is 6.10 Å². The molecule has 0 saturated heterocycles. The number of aryl methyl sites for hydroxylation is 1. The van der Waals surface area contributed by atoms with Gasteiger partial charge in [-0.05, 0) is 32.4 Å². The Bertz CT molecular complexity index is 516. The Balaban J connectivity index is 1.93. The minimum atomic E-state index is -0.964.